The summed E-state index contributed by atoms with van der Waals surface area (Å²) in [5, 5.41) is 1.98. The Hall–Kier alpha value is -2.20. The van der Waals surface area contributed by atoms with Crippen molar-refractivity contribution >= 4 is 22.9 Å². The van der Waals surface area contributed by atoms with Gasteiger partial charge in [0, 0.05) is 28.9 Å². The maximum absolute atomic E-state index is 13.1. The average Bonchev–Trinajstić information content (AvgIpc) is 3.22. The molecular weight excluding hydrogens is 320 g/mol. The van der Waals surface area contributed by atoms with Gasteiger partial charge in [0.1, 0.15) is 5.76 Å². The van der Waals surface area contributed by atoms with Gasteiger partial charge in [-0.15, -0.1) is 11.3 Å². The van der Waals surface area contributed by atoms with Crippen LogP contribution in [0.1, 0.15) is 46.0 Å². The van der Waals surface area contributed by atoms with Crippen molar-refractivity contribution in [1.29, 1.82) is 0 Å². The molecule has 0 unspecified atom stereocenters. The summed E-state index contributed by atoms with van der Waals surface area (Å²) in [6.45, 7) is 1.99. The molecule has 3 nitrogen and oxygen atoms in total. The zero-order valence-electron chi connectivity index (χ0n) is 13.5. The Morgan fingerprint density at radius 2 is 1.96 bits per heavy atom. The molecule has 0 N–H and O–H groups in total. The molecule has 0 fully saturated rings. The van der Waals surface area contributed by atoms with Gasteiger partial charge in [0.2, 0.25) is 5.78 Å². The first-order valence-corrected chi connectivity index (χ1v) is 9.10. The van der Waals surface area contributed by atoms with E-state index in [1.165, 1.54) is 0 Å². The molecular formula is C20H18O3S. The second-order valence-corrected chi connectivity index (χ2v) is 7.35. The topological polar surface area (TPSA) is 43.4 Å². The molecule has 2 aromatic rings. The minimum Gasteiger partial charge on any atom is -0.485 e. The third-order valence-corrected chi connectivity index (χ3v) is 5.69. The number of ether oxygens (including phenoxy) is 1. The summed E-state index contributed by atoms with van der Waals surface area (Å²) in [7, 11) is 0. The van der Waals surface area contributed by atoms with Crippen LogP contribution < -0.4 is 0 Å². The summed E-state index contributed by atoms with van der Waals surface area (Å²) in [5.41, 5.74) is 2.48. The van der Waals surface area contributed by atoms with Crippen molar-refractivity contribution in [3.8, 4) is 0 Å². The molecule has 1 aliphatic heterocycles. The standard InChI is InChI=1S/C20H18O3S/c1-12-7-9-13(10-8-12)19(22)20-18(16-6-3-11-24-16)17-14(21)4-2-5-15(17)23-20/h3,6-11,18,20H,2,4-5H2,1H3/t18-,20-/m0/s1. The van der Waals surface area contributed by atoms with E-state index in [2.05, 4.69) is 0 Å². The minimum atomic E-state index is -0.626. The van der Waals surface area contributed by atoms with Crippen LogP contribution in [0.3, 0.4) is 0 Å². The van der Waals surface area contributed by atoms with E-state index in [0.717, 1.165) is 34.6 Å². The van der Waals surface area contributed by atoms with Gasteiger partial charge in [0.15, 0.2) is 11.9 Å². The number of benzene rings is 1. The second kappa shape index (κ2) is 6.02. The highest BCUT2D eigenvalue weighted by molar-refractivity contribution is 7.10. The Balaban J connectivity index is 1.74. The largest absolute Gasteiger partial charge is 0.485 e. The number of allylic oxidation sites excluding steroid dienone is 1. The van der Waals surface area contributed by atoms with E-state index >= 15 is 0 Å². The van der Waals surface area contributed by atoms with Gasteiger partial charge in [-0.3, -0.25) is 9.59 Å². The number of aryl methyl sites for hydroxylation is 1. The first-order chi connectivity index (χ1) is 11.6. The van der Waals surface area contributed by atoms with Crippen LogP contribution >= 0.6 is 11.3 Å². The maximum Gasteiger partial charge on any atom is 0.204 e. The van der Waals surface area contributed by atoms with Crippen LogP contribution in [0.4, 0.5) is 0 Å². The van der Waals surface area contributed by atoms with Gasteiger partial charge in [-0.25, -0.2) is 0 Å². The van der Waals surface area contributed by atoms with Crippen LogP contribution in [-0.2, 0) is 9.53 Å². The van der Waals surface area contributed by atoms with Crippen molar-refractivity contribution in [2.24, 2.45) is 0 Å². The van der Waals surface area contributed by atoms with Gasteiger partial charge in [0.25, 0.3) is 0 Å². The molecule has 24 heavy (non-hydrogen) atoms. The number of carbonyl (C=O) groups excluding carboxylic acids is 2. The second-order valence-electron chi connectivity index (χ2n) is 6.38. The first-order valence-electron chi connectivity index (χ1n) is 8.22. The molecule has 0 bridgehead atoms. The van der Waals surface area contributed by atoms with Crippen molar-refractivity contribution in [3.05, 3.63) is 69.1 Å². The molecule has 2 heterocycles. The number of hydrogen-bond donors (Lipinski definition) is 0. The highest BCUT2D eigenvalue weighted by Gasteiger charge is 2.46. The van der Waals surface area contributed by atoms with Crippen molar-refractivity contribution in [1.82, 2.24) is 0 Å². The normalized spacial score (nSPS) is 23.1. The van der Waals surface area contributed by atoms with Crippen molar-refractivity contribution in [2.75, 3.05) is 0 Å². The summed E-state index contributed by atoms with van der Waals surface area (Å²) < 4.78 is 6.03. The van der Waals surface area contributed by atoms with Gasteiger partial charge in [0.05, 0.1) is 5.92 Å². The van der Waals surface area contributed by atoms with E-state index < -0.39 is 6.10 Å². The molecule has 4 heteroatoms. The zero-order valence-corrected chi connectivity index (χ0v) is 14.3. The number of Topliss-reactive ketones (excluding diaryl/α,β-unsaturated/α-hetero) is 2. The van der Waals surface area contributed by atoms with Gasteiger partial charge >= 0.3 is 0 Å². The van der Waals surface area contributed by atoms with Crippen LogP contribution in [0.25, 0.3) is 0 Å². The third-order valence-electron chi connectivity index (χ3n) is 4.74. The van der Waals surface area contributed by atoms with E-state index in [0.29, 0.717) is 12.0 Å². The summed E-state index contributed by atoms with van der Waals surface area (Å²) in [6, 6.07) is 11.5. The minimum absolute atomic E-state index is 0.0457. The van der Waals surface area contributed by atoms with Crippen molar-refractivity contribution < 1.29 is 14.3 Å². The molecule has 0 amide bonds. The zero-order chi connectivity index (χ0) is 16.7. The predicted molar refractivity (Wildman–Crippen MR) is 93.3 cm³/mol. The monoisotopic (exact) mass is 338 g/mol. The number of ketones is 2. The maximum atomic E-state index is 13.1. The summed E-state index contributed by atoms with van der Waals surface area (Å²) in [5.74, 6) is 0.557. The van der Waals surface area contributed by atoms with Crippen LogP contribution in [0, 0.1) is 6.92 Å². The first kappa shape index (κ1) is 15.3. The van der Waals surface area contributed by atoms with E-state index in [9.17, 15) is 9.59 Å². The molecule has 0 radical (unpaired) electrons. The number of carbonyl (C=O) groups is 2. The van der Waals surface area contributed by atoms with Crippen LogP contribution in [-0.4, -0.2) is 17.7 Å². The number of rotatable bonds is 3. The smallest absolute Gasteiger partial charge is 0.204 e. The highest BCUT2D eigenvalue weighted by Crippen LogP contribution is 2.46. The lowest BCUT2D eigenvalue weighted by Gasteiger charge is -2.19. The number of thiophene rings is 1. The molecule has 2 atom stereocenters. The van der Waals surface area contributed by atoms with Gasteiger partial charge in [-0.1, -0.05) is 35.9 Å². The number of hydrogen-bond acceptors (Lipinski definition) is 4. The Morgan fingerprint density at radius 1 is 1.17 bits per heavy atom. The van der Waals surface area contributed by atoms with E-state index in [1.807, 2.05) is 48.7 Å². The quantitative estimate of drug-likeness (QED) is 0.778. The molecule has 1 aromatic carbocycles. The average molecular weight is 338 g/mol. The van der Waals surface area contributed by atoms with Crippen LogP contribution in [0.2, 0.25) is 0 Å². The van der Waals surface area contributed by atoms with Gasteiger partial charge in [-0.05, 0) is 24.8 Å². The summed E-state index contributed by atoms with van der Waals surface area (Å²) in [4.78, 5) is 26.6. The van der Waals surface area contributed by atoms with Crippen molar-refractivity contribution in [3.63, 3.8) is 0 Å². The third kappa shape index (κ3) is 2.51. The lowest BCUT2D eigenvalue weighted by molar-refractivity contribution is -0.116. The van der Waals surface area contributed by atoms with Crippen molar-refractivity contribution in [2.45, 2.75) is 38.2 Å². The highest BCUT2D eigenvalue weighted by atomic mass is 32.1. The predicted octanol–water partition coefficient (Wildman–Crippen LogP) is 4.43. The molecule has 0 saturated heterocycles. The summed E-state index contributed by atoms with van der Waals surface area (Å²) in [6.07, 6.45) is 1.48. The fourth-order valence-electron chi connectivity index (χ4n) is 3.52. The van der Waals surface area contributed by atoms with Crippen LogP contribution in [0.15, 0.2) is 53.1 Å². The lowest BCUT2D eigenvalue weighted by Crippen LogP contribution is -2.28. The van der Waals surface area contributed by atoms with E-state index in [1.54, 1.807) is 11.3 Å². The fraction of sp³-hybridized carbons (Fsp3) is 0.300. The van der Waals surface area contributed by atoms with Crippen LogP contribution in [0.5, 0.6) is 0 Å². The van der Waals surface area contributed by atoms with Gasteiger partial charge in [-0.2, -0.15) is 0 Å². The summed E-state index contributed by atoms with van der Waals surface area (Å²) >= 11 is 1.58. The molecule has 4 rings (SSSR count). The van der Waals surface area contributed by atoms with E-state index in [4.69, 9.17) is 4.74 Å². The fourth-order valence-corrected chi connectivity index (χ4v) is 4.38. The Morgan fingerprint density at radius 3 is 2.67 bits per heavy atom. The molecule has 2 aliphatic rings. The molecule has 122 valence electrons. The Kier molecular flexibility index (Phi) is 3.85. The Bertz CT molecular complexity index is 815. The molecule has 1 aliphatic carbocycles. The molecule has 1 aromatic heterocycles. The van der Waals surface area contributed by atoms with Gasteiger partial charge < -0.3 is 4.74 Å². The molecule has 0 spiro atoms. The molecule has 0 saturated carbocycles. The van der Waals surface area contributed by atoms with E-state index in [-0.39, 0.29) is 17.5 Å². The lowest BCUT2D eigenvalue weighted by atomic mass is 9.83. The Labute approximate surface area is 145 Å². The SMILES string of the molecule is Cc1ccc(C(=O)[C@H]2OC3=C(C(=O)CCC3)[C@@H]2c2cccs2)cc1.